The van der Waals surface area contributed by atoms with Gasteiger partial charge in [-0.05, 0) is 19.3 Å². The molecule has 0 unspecified atom stereocenters. The first-order valence-electron chi connectivity index (χ1n) is 7.50. The monoisotopic (exact) mass is 307 g/mol. The molecule has 1 aromatic carbocycles. The van der Waals surface area contributed by atoms with Crippen LogP contribution in [0.1, 0.15) is 57.1 Å². The van der Waals surface area contributed by atoms with Gasteiger partial charge in [-0.1, -0.05) is 45.3 Å². The third-order valence-corrected chi connectivity index (χ3v) is 3.17. The number of aromatic hydroxyl groups is 3. The summed E-state index contributed by atoms with van der Waals surface area (Å²) in [4.78, 5) is 8.35. The third kappa shape index (κ3) is 6.46. The maximum atomic E-state index is 10.2. The Labute approximate surface area is 131 Å². The molecule has 0 saturated carbocycles. The van der Waals surface area contributed by atoms with Gasteiger partial charge in [0, 0.05) is 11.6 Å². The number of benzene rings is 1. The lowest BCUT2D eigenvalue weighted by molar-refractivity contribution is 0.416. The normalized spacial score (nSPS) is 10.1. The van der Waals surface area contributed by atoms with Crippen molar-refractivity contribution < 1.29 is 20.1 Å². The summed E-state index contributed by atoms with van der Waals surface area (Å²) in [5.74, 6) is -0.110. The summed E-state index contributed by atoms with van der Waals surface area (Å²) in [5.41, 5.74) is 0.931. The minimum Gasteiger partial charge on any atom is -0.507 e. The fraction of sp³-hybridized carbons (Fsp3) is 0.471. The summed E-state index contributed by atoms with van der Waals surface area (Å²) in [6.45, 7) is 4.17. The number of isocyanates is 1. The van der Waals surface area contributed by atoms with E-state index in [4.69, 9.17) is 10.2 Å². The van der Waals surface area contributed by atoms with Crippen molar-refractivity contribution in [3.63, 3.8) is 0 Å². The minimum absolute atomic E-state index is 0.000885. The van der Waals surface area contributed by atoms with Crippen LogP contribution >= 0.6 is 0 Å². The van der Waals surface area contributed by atoms with E-state index in [9.17, 15) is 15.3 Å². The molecule has 0 aliphatic rings. The molecule has 22 heavy (non-hydrogen) atoms. The summed E-state index contributed by atoms with van der Waals surface area (Å²) in [6.07, 6.45) is 9.98. The molecule has 4 N–H and O–H groups in total. The van der Waals surface area contributed by atoms with Crippen LogP contribution in [0, 0.1) is 5.41 Å². The van der Waals surface area contributed by atoms with Crippen LogP contribution < -0.4 is 0 Å². The van der Waals surface area contributed by atoms with E-state index in [-0.39, 0.29) is 17.2 Å². The molecule has 0 radical (unpaired) electrons. The first kappa shape index (κ1) is 19.7. The first-order chi connectivity index (χ1) is 10.5. The number of hydrogen-bond donors (Lipinski definition) is 4. The quantitative estimate of drug-likeness (QED) is 0.343. The Hall–Kier alpha value is -2.26. The molecule has 0 spiro atoms. The Bertz CT molecular complexity index is 518. The van der Waals surface area contributed by atoms with E-state index < -0.39 is 0 Å². The number of allylic oxidation sites excluding steroid dienone is 1. The molecule has 0 fully saturated rings. The van der Waals surface area contributed by atoms with Crippen molar-refractivity contribution in [2.45, 2.75) is 52.4 Å². The number of hydrogen-bond acceptors (Lipinski definition) is 5. The van der Waals surface area contributed by atoms with Crippen molar-refractivity contribution in [3.8, 4) is 17.2 Å². The molecule has 0 saturated heterocycles. The van der Waals surface area contributed by atoms with E-state index >= 15 is 0 Å². The molecule has 0 aliphatic carbocycles. The Kier molecular flexibility index (Phi) is 10.2. The summed E-state index contributed by atoms with van der Waals surface area (Å²) >= 11 is 0. The van der Waals surface area contributed by atoms with Gasteiger partial charge in [0.05, 0.1) is 5.56 Å². The van der Waals surface area contributed by atoms with Crippen molar-refractivity contribution in [1.29, 1.82) is 5.41 Å². The molecule has 5 nitrogen and oxygen atoms in total. The zero-order valence-corrected chi connectivity index (χ0v) is 13.2. The number of unbranched alkanes of at least 4 members (excludes halogenated alkanes) is 3. The van der Waals surface area contributed by atoms with Gasteiger partial charge in [0.25, 0.3) is 0 Å². The van der Waals surface area contributed by atoms with E-state index in [2.05, 4.69) is 13.8 Å². The standard InChI is InChI=1S/C16H24O3.CHNO/c1-3-5-7-9-12-14(17)11-15(18)13(16(12)19)10-8-6-4-2;2-1-3/h7,9,11,17-19H,3-6,8,10H2,1-2H3;2H. The highest BCUT2D eigenvalue weighted by Crippen LogP contribution is 2.39. The van der Waals surface area contributed by atoms with E-state index in [1.165, 1.54) is 6.07 Å². The molecule has 0 aromatic heterocycles. The zero-order chi connectivity index (χ0) is 17.0. The molecule has 0 aliphatic heterocycles. The second-order valence-corrected chi connectivity index (χ2v) is 4.91. The second-order valence-electron chi connectivity index (χ2n) is 4.91. The summed E-state index contributed by atoms with van der Waals surface area (Å²) in [6, 6.07) is 1.31. The van der Waals surface area contributed by atoms with Crippen LogP contribution in [-0.4, -0.2) is 21.4 Å². The topological polar surface area (TPSA) is 102 Å². The molecular weight excluding hydrogens is 282 g/mol. The summed E-state index contributed by atoms with van der Waals surface area (Å²) < 4.78 is 0. The molecular formula is C17H25NO4. The predicted octanol–water partition coefficient (Wildman–Crippen LogP) is 4.25. The van der Waals surface area contributed by atoms with Gasteiger partial charge >= 0.3 is 0 Å². The van der Waals surface area contributed by atoms with Crippen molar-refractivity contribution in [2.24, 2.45) is 0 Å². The molecule has 0 amide bonds. The van der Waals surface area contributed by atoms with E-state index in [0.717, 1.165) is 38.2 Å². The van der Waals surface area contributed by atoms with Crippen LogP contribution in [0.25, 0.3) is 6.08 Å². The Morgan fingerprint density at radius 1 is 1.14 bits per heavy atom. The molecule has 0 bridgehead atoms. The predicted molar refractivity (Wildman–Crippen MR) is 87.0 cm³/mol. The maximum Gasteiger partial charge on any atom is 0.231 e. The molecule has 5 heteroatoms. The van der Waals surface area contributed by atoms with Gasteiger partial charge in [-0.15, -0.1) is 0 Å². The van der Waals surface area contributed by atoms with Gasteiger partial charge in [-0.3, -0.25) is 0 Å². The largest absolute Gasteiger partial charge is 0.507 e. The lowest BCUT2D eigenvalue weighted by Gasteiger charge is -2.11. The van der Waals surface area contributed by atoms with Crippen LogP contribution in [0.3, 0.4) is 0 Å². The smallest absolute Gasteiger partial charge is 0.231 e. The number of phenols is 3. The summed E-state index contributed by atoms with van der Waals surface area (Å²) in [5, 5.41) is 35.2. The van der Waals surface area contributed by atoms with Crippen LogP contribution in [0.5, 0.6) is 17.2 Å². The molecule has 122 valence electrons. The fourth-order valence-corrected chi connectivity index (χ4v) is 2.03. The van der Waals surface area contributed by atoms with Crippen molar-refractivity contribution in [3.05, 3.63) is 23.3 Å². The highest BCUT2D eigenvalue weighted by molar-refractivity contribution is 5.68. The van der Waals surface area contributed by atoms with Crippen LogP contribution in [0.2, 0.25) is 0 Å². The Morgan fingerprint density at radius 2 is 1.77 bits per heavy atom. The number of rotatable bonds is 7. The average molecular weight is 307 g/mol. The highest BCUT2D eigenvalue weighted by atomic mass is 16.3. The molecule has 0 atom stereocenters. The van der Waals surface area contributed by atoms with Gasteiger partial charge in [-0.25, -0.2) is 10.2 Å². The fourth-order valence-electron chi connectivity index (χ4n) is 2.03. The molecule has 0 heterocycles. The van der Waals surface area contributed by atoms with E-state index in [0.29, 0.717) is 17.5 Å². The first-order valence-corrected chi connectivity index (χ1v) is 7.50. The van der Waals surface area contributed by atoms with Gasteiger partial charge in [-0.2, -0.15) is 0 Å². The summed E-state index contributed by atoms with van der Waals surface area (Å²) in [7, 11) is 0. The molecule has 1 rings (SSSR count). The van der Waals surface area contributed by atoms with Crippen molar-refractivity contribution in [1.82, 2.24) is 0 Å². The van der Waals surface area contributed by atoms with E-state index in [1.54, 1.807) is 6.08 Å². The Morgan fingerprint density at radius 3 is 2.32 bits per heavy atom. The van der Waals surface area contributed by atoms with Gasteiger partial charge in [0.2, 0.25) is 6.08 Å². The SMILES string of the molecule is CCCC=Cc1c(O)cc(O)c(CCCCC)c1O.N=C=O. The van der Waals surface area contributed by atoms with Gasteiger partial charge < -0.3 is 15.3 Å². The number of phenolic OH excluding ortho intramolecular Hbond substituents is 3. The van der Waals surface area contributed by atoms with Crippen LogP contribution in [0.15, 0.2) is 12.1 Å². The number of carbonyl (C=O) groups excluding carboxylic acids is 1. The highest BCUT2D eigenvalue weighted by Gasteiger charge is 2.14. The average Bonchev–Trinajstić information content (AvgIpc) is 2.47. The van der Waals surface area contributed by atoms with Crippen LogP contribution in [0.4, 0.5) is 0 Å². The minimum atomic E-state index is -0.0819. The second kappa shape index (κ2) is 11.4. The van der Waals surface area contributed by atoms with Crippen molar-refractivity contribution >= 4 is 12.2 Å². The molecule has 1 aromatic rings. The van der Waals surface area contributed by atoms with Gasteiger partial charge in [0.1, 0.15) is 17.2 Å². The lowest BCUT2D eigenvalue weighted by atomic mass is 10.00. The van der Waals surface area contributed by atoms with Crippen LogP contribution in [-0.2, 0) is 11.2 Å². The Balaban J connectivity index is 0.00000135. The van der Waals surface area contributed by atoms with E-state index in [1.807, 2.05) is 6.08 Å². The number of nitrogens with one attached hydrogen (secondary N) is 1. The lowest BCUT2D eigenvalue weighted by Crippen LogP contribution is -1.91. The van der Waals surface area contributed by atoms with Gasteiger partial charge in [0.15, 0.2) is 0 Å². The maximum absolute atomic E-state index is 10.2. The zero-order valence-electron chi connectivity index (χ0n) is 13.2. The van der Waals surface area contributed by atoms with Crippen molar-refractivity contribution in [2.75, 3.05) is 0 Å². The third-order valence-electron chi connectivity index (χ3n) is 3.17.